The first-order chi connectivity index (χ1) is 9.04. The SMILES string of the molecule is COc1cc(Br)ccc1C(=O)NCCNCC(C)O. The van der Waals surface area contributed by atoms with E-state index >= 15 is 0 Å². The van der Waals surface area contributed by atoms with Gasteiger partial charge in [0.2, 0.25) is 0 Å². The van der Waals surface area contributed by atoms with E-state index in [1.54, 1.807) is 25.1 Å². The Morgan fingerprint density at radius 1 is 1.47 bits per heavy atom. The minimum absolute atomic E-state index is 0.178. The maximum Gasteiger partial charge on any atom is 0.255 e. The van der Waals surface area contributed by atoms with E-state index in [2.05, 4.69) is 26.6 Å². The molecule has 1 atom stereocenters. The zero-order valence-electron chi connectivity index (χ0n) is 11.1. The minimum atomic E-state index is -0.387. The van der Waals surface area contributed by atoms with Crippen molar-refractivity contribution in [1.82, 2.24) is 10.6 Å². The number of aliphatic hydroxyl groups excluding tert-OH is 1. The highest BCUT2D eigenvalue weighted by Gasteiger charge is 2.11. The van der Waals surface area contributed by atoms with Crippen molar-refractivity contribution in [1.29, 1.82) is 0 Å². The molecule has 0 heterocycles. The Labute approximate surface area is 121 Å². The molecule has 1 aromatic carbocycles. The molecule has 3 N–H and O–H groups in total. The molecule has 0 fully saturated rings. The van der Waals surface area contributed by atoms with Crippen LogP contribution in [0.3, 0.4) is 0 Å². The third kappa shape index (κ3) is 5.59. The zero-order valence-corrected chi connectivity index (χ0v) is 12.7. The van der Waals surface area contributed by atoms with Crippen LogP contribution in [0.4, 0.5) is 0 Å². The fraction of sp³-hybridized carbons (Fsp3) is 0.462. The Hall–Kier alpha value is -1.11. The van der Waals surface area contributed by atoms with Crippen LogP contribution in [0.25, 0.3) is 0 Å². The van der Waals surface area contributed by atoms with Gasteiger partial charge in [-0.1, -0.05) is 15.9 Å². The minimum Gasteiger partial charge on any atom is -0.496 e. The van der Waals surface area contributed by atoms with Crippen LogP contribution < -0.4 is 15.4 Å². The topological polar surface area (TPSA) is 70.6 Å². The summed E-state index contributed by atoms with van der Waals surface area (Å²) < 4.78 is 6.03. The Bertz CT molecular complexity index is 424. The standard InChI is InChI=1S/C13H19BrN2O3/c1-9(17)8-15-5-6-16-13(18)11-4-3-10(14)7-12(11)19-2/h3-4,7,9,15,17H,5-6,8H2,1-2H3,(H,16,18). The number of methoxy groups -OCH3 is 1. The van der Waals surface area contributed by atoms with E-state index in [4.69, 9.17) is 9.84 Å². The summed E-state index contributed by atoms with van der Waals surface area (Å²) in [6.45, 7) is 3.32. The highest BCUT2D eigenvalue weighted by atomic mass is 79.9. The second kappa shape index (κ2) is 8.14. The summed E-state index contributed by atoms with van der Waals surface area (Å²) in [5, 5.41) is 14.9. The zero-order chi connectivity index (χ0) is 14.3. The summed E-state index contributed by atoms with van der Waals surface area (Å²) in [4.78, 5) is 11.9. The van der Waals surface area contributed by atoms with Gasteiger partial charge in [-0.3, -0.25) is 4.79 Å². The lowest BCUT2D eigenvalue weighted by Gasteiger charge is -2.10. The summed E-state index contributed by atoms with van der Waals surface area (Å²) in [7, 11) is 1.53. The van der Waals surface area contributed by atoms with Gasteiger partial charge in [-0.2, -0.15) is 0 Å². The molecule has 0 saturated heterocycles. The molecule has 0 aliphatic carbocycles. The van der Waals surface area contributed by atoms with Crippen molar-refractivity contribution in [3.05, 3.63) is 28.2 Å². The molecule has 1 amide bonds. The van der Waals surface area contributed by atoms with Crippen LogP contribution in [0.5, 0.6) is 5.75 Å². The quantitative estimate of drug-likeness (QED) is 0.656. The molecule has 0 aromatic heterocycles. The maximum atomic E-state index is 11.9. The van der Waals surface area contributed by atoms with E-state index in [1.165, 1.54) is 7.11 Å². The third-order valence-corrected chi connectivity index (χ3v) is 2.93. The molecule has 0 aliphatic rings. The highest BCUT2D eigenvalue weighted by molar-refractivity contribution is 9.10. The van der Waals surface area contributed by atoms with Crippen molar-refractivity contribution in [3.8, 4) is 5.75 Å². The summed E-state index contributed by atoms with van der Waals surface area (Å²) in [5.74, 6) is 0.354. The van der Waals surface area contributed by atoms with Gasteiger partial charge < -0.3 is 20.5 Å². The molecule has 5 nitrogen and oxygen atoms in total. The normalized spacial score (nSPS) is 12.0. The van der Waals surface area contributed by atoms with Gasteiger partial charge >= 0.3 is 0 Å². The van der Waals surface area contributed by atoms with E-state index in [-0.39, 0.29) is 12.0 Å². The fourth-order valence-electron chi connectivity index (χ4n) is 1.52. The molecule has 6 heteroatoms. The predicted octanol–water partition coefficient (Wildman–Crippen LogP) is 1.16. The summed E-state index contributed by atoms with van der Waals surface area (Å²) in [6.07, 6.45) is -0.387. The van der Waals surface area contributed by atoms with E-state index in [0.717, 1.165) is 4.47 Å². The molecule has 1 rings (SSSR count). The number of hydrogen-bond donors (Lipinski definition) is 3. The van der Waals surface area contributed by atoms with Crippen LogP contribution >= 0.6 is 15.9 Å². The molecule has 19 heavy (non-hydrogen) atoms. The number of rotatable bonds is 7. The fourth-order valence-corrected chi connectivity index (χ4v) is 1.86. The van der Waals surface area contributed by atoms with E-state index in [9.17, 15) is 4.79 Å². The lowest BCUT2D eigenvalue weighted by Crippen LogP contribution is -2.34. The van der Waals surface area contributed by atoms with Gasteiger partial charge in [0.05, 0.1) is 18.8 Å². The number of amides is 1. The van der Waals surface area contributed by atoms with Crippen LogP contribution in [-0.2, 0) is 0 Å². The number of carbonyl (C=O) groups is 1. The first kappa shape index (κ1) is 15.9. The van der Waals surface area contributed by atoms with Crippen molar-refractivity contribution < 1.29 is 14.6 Å². The van der Waals surface area contributed by atoms with Gasteiger partial charge in [-0.25, -0.2) is 0 Å². The van der Waals surface area contributed by atoms with Gasteiger partial charge in [0.1, 0.15) is 5.75 Å². The van der Waals surface area contributed by atoms with E-state index in [1.807, 2.05) is 0 Å². The molecule has 0 bridgehead atoms. The van der Waals surface area contributed by atoms with Crippen LogP contribution in [0.1, 0.15) is 17.3 Å². The van der Waals surface area contributed by atoms with Gasteiger partial charge in [0.25, 0.3) is 5.91 Å². The first-order valence-corrected chi connectivity index (χ1v) is 6.84. The molecule has 1 unspecified atom stereocenters. The van der Waals surface area contributed by atoms with E-state index in [0.29, 0.717) is 30.9 Å². The monoisotopic (exact) mass is 330 g/mol. The van der Waals surface area contributed by atoms with Crippen LogP contribution in [-0.4, -0.2) is 43.9 Å². The van der Waals surface area contributed by atoms with Gasteiger partial charge in [-0.15, -0.1) is 0 Å². The molecule has 0 aliphatic heterocycles. The molecule has 0 radical (unpaired) electrons. The van der Waals surface area contributed by atoms with Gasteiger partial charge in [0, 0.05) is 24.1 Å². The van der Waals surface area contributed by atoms with Crippen LogP contribution in [0, 0.1) is 0 Å². The molecule has 106 valence electrons. The third-order valence-electron chi connectivity index (χ3n) is 2.44. The summed E-state index contributed by atoms with van der Waals surface area (Å²) in [6, 6.07) is 5.26. The first-order valence-electron chi connectivity index (χ1n) is 6.05. The summed E-state index contributed by atoms with van der Waals surface area (Å²) in [5.41, 5.74) is 0.501. The number of ether oxygens (including phenoxy) is 1. The average Bonchev–Trinajstić information content (AvgIpc) is 2.37. The number of carbonyl (C=O) groups excluding carboxylic acids is 1. The molecule has 0 saturated carbocycles. The second-order valence-electron chi connectivity index (χ2n) is 4.15. The number of nitrogens with one attached hydrogen (secondary N) is 2. The Kier molecular flexibility index (Phi) is 6.83. The molecular weight excluding hydrogens is 312 g/mol. The largest absolute Gasteiger partial charge is 0.496 e. The number of halogens is 1. The van der Waals surface area contributed by atoms with E-state index < -0.39 is 0 Å². The summed E-state index contributed by atoms with van der Waals surface area (Å²) >= 11 is 3.33. The average molecular weight is 331 g/mol. The Morgan fingerprint density at radius 2 is 2.21 bits per heavy atom. The lowest BCUT2D eigenvalue weighted by molar-refractivity contribution is 0.0950. The predicted molar refractivity (Wildman–Crippen MR) is 77.6 cm³/mol. The number of aliphatic hydroxyl groups is 1. The number of benzene rings is 1. The number of hydrogen-bond acceptors (Lipinski definition) is 4. The second-order valence-corrected chi connectivity index (χ2v) is 5.07. The Balaban J connectivity index is 2.45. The van der Waals surface area contributed by atoms with Crippen molar-refractivity contribution in [3.63, 3.8) is 0 Å². The molecule has 0 spiro atoms. The van der Waals surface area contributed by atoms with Crippen LogP contribution in [0.2, 0.25) is 0 Å². The lowest BCUT2D eigenvalue weighted by atomic mass is 10.2. The van der Waals surface area contributed by atoms with Gasteiger partial charge in [0.15, 0.2) is 0 Å². The van der Waals surface area contributed by atoms with Crippen molar-refractivity contribution in [2.45, 2.75) is 13.0 Å². The smallest absolute Gasteiger partial charge is 0.255 e. The molecular formula is C13H19BrN2O3. The highest BCUT2D eigenvalue weighted by Crippen LogP contribution is 2.23. The van der Waals surface area contributed by atoms with Crippen molar-refractivity contribution in [2.75, 3.05) is 26.7 Å². The maximum absolute atomic E-state index is 11.9. The molecule has 1 aromatic rings. The Morgan fingerprint density at radius 3 is 2.84 bits per heavy atom. The van der Waals surface area contributed by atoms with Crippen molar-refractivity contribution in [2.24, 2.45) is 0 Å². The van der Waals surface area contributed by atoms with Gasteiger partial charge in [-0.05, 0) is 25.1 Å². The van der Waals surface area contributed by atoms with Crippen molar-refractivity contribution >= 4 is 21.8 Å². The van der Waals surface area contributed by atoms with Crippen LogP contribution in [0.15, 0.2) is 22.7 Å².